The van der Waals surface area contributed by atoms with E-state index in [1.165, 1.54) is 12.1 Å². The summed E-state index contributed by atoms with van der Waals surface area (Å²) in [5.74, 6) is 5.39. The average molecular weight is 318 g/mol. The van der Waals surface area contributed by atoms with Gasteiger partial charge in [-0.3, -0.25) is 0 Å². The van der Waals surface area contributed by atoms with Crippen LogP contribution in [0.25, 0.3) is 0 Å². The van der Waals surface area contributed by atoms with Gasteiger partial charge in [0.15, 0.2) is 0 Å². The first-order chi connectivity index (χ1) is 7.15. The molecule has 3 heteroatoms. The van der Waals surface area contributed by atoms with Crippen LogP contribution in [0.2, 0.25) is 0 Å². The van der Waals surface area contributed by atoms with E-state index in [4.69, 9.17) is 0 Å². The van der Waals surface area contributed by atoms with E-state index in [-0.39, 0.29) is 5.82 Å². The first-order valence-corrected chi connectivity index (χ1v) is 5.75. The van der Waals surface area contributed by atoms with Crippen LogP contribution in [0, 0.1) is 21.2 Å². The van der Waals surface area contributed by atoms with E-state index in [1.807, 2.05) is 22.6 Å². The molecule has 15 heavy (non-hydrogen) atoms. The van der Waals surface area contributed by atoms with Crippen molar-refractivity contribution in [2.75, 3.05) is 0 Å². The van der Waals surface area contributed by atoms with Gasteiger partial charge >= 0.3 is 0 Å². The molecule has 0 aliphatic heterocycles. The topological polar surface area (TPSA) is 20.2 Å². The lowest BCUT2D eigenvalue weighted by Crippen LogP contribution is -2.00. The normalized spacial score (nSPS) is 11.7. The lowest BCUT2D eigenvalue weighted by Gasteiger charge is -2.11. The van der Waals surface area contributed by atoms with E-state index in [0.29, 0.717) is 12.8 Å². The predicted molar refractivity (Wildman–Crippen MR) is 66.8 cm³/mol. The van der Waals surface area contributed by atoms with Crippen molar-refractivity contribution in [1.29, 1.82) is 0 Å². The number of aliphatic hydroxyl groups is 1. The second-order valence-electron chi connectivity index (χ2n) is 3.15. The largest absolute Gasteiger partial charge is 0.388 e. The van der Waals surface area contributed by atoms with E-state index >= 15 is 0 Å². The molecular weight excluding hydrogens is 306 g/mol. The minimum absolute atomic E-state index is 0.274. The van der Waals surface area contributed by atoms with Gasteiger partial charge in [0.25, 0.3) is 0 Å². The fourth-order valence-electron chi connectivity index (χ4n) is 1.26. The molecule has 0 saturated heterocycles. The highest BCUT2D eigenvalue weighted by Gasteiger charge is 2.10. The molecule has 1 unspecified atom stereocenters. The molecule has 0 heterocycles. The van der Waals surface area contributed by atoms with Crippen LogP contribution in [-0.4, -0.2) is 5.11 Å². The standard InChI is InChI=1S/C12H12FIO/c1-2-3-4-5-12(15)10-7-6-9(13)8-11(10)14/h6-8,12,15H,4-5H2,1H3. The summed E-state index contributed by atoms with van der Waals surface area (Å²) >= 11 is 2.03. The van der Waals surface area contributed by atoms with Gasteiger partial charge in [-0.1, -0.05) is 6.07 Å². The van der Waals surface area contributed by atoms with Crippen molar-refractivity contribution >= 4 is 22.6 Å². The molecule has 0 radical (unpaired) electrons. The summed E-state index contributed by atoms with van der Waals surface area (Å²) in [4.78, 5) is 0. The van der Waals surface area contributed by atoms with Gasteiger partial charge in [0.1, 0.15) is 5.82 Å². The van der Waals surface area contributed by atoms with Gasteiger partial charge in [-0.25, -0.2) is 4.39 Å². The van der Waals surface area contributed by atoms with Crippen LogP contribution in [0.1, 0.15) is 31.4 Å². The highest BCUT2D eigenvalue weighted by molar-refractivity contribution is 14.1. The van der Waals surface area contributed by atoms with E-state index in [9.17, 15) is 9.50 Å². The van der Waals surface area contributed by atoms with Gasteiger partial charge < -0.3 is 5.11 Å². The van der Waals surface area contributed by atoms with Gasteiger partial charge in [0, 0.05) is 9.99 Å². The Kier molecular flexibility index (Phi) is 5.06. The summed E-state index contributed by atoms with van der Waals surface area (Å²) in [5.41, 5.74) is 0.773. The molecular formula is C12H12FIO. The van der Waals surface area contributed by atoms with Crippen LogP contribution in [0.3, 0.4) is 0 Å². The van der Waals surface area contributed by atoms with Crippen molar-refractivity contribution in [3.8, 4) is 11.8 Å². The zero-order chi connectivity index (χ0) is 11.3. The van der Waals surface area contributed by atoms with Gasteiger partial charge in [-0.2, -0.15) is 0 Å². The van der Waals surface area contributed by atoms with Gasteiger partial charge in [0.05, 0.1) is 6.10 Å². The monoisotopic (exact) mass is 318 g/mol. The molecule has 1 atom stereocenters. The Hall–Kier alpha value is -0.600. The molecule has 1 nitrogen and oxygen atoms in total. The zero-order valence-corrected chi connectivity index (χ0v) is 10.6. The molecule has 0 aromatic heterocycles. The number of hydrogen-bond donors (Lipinski definition) is 1. The van der Waals surface area contributed by atoms with Crippen LogP contribution >= 0.6 is 22.6 Å². The van der Waals surface area contributed by atoms with Gasteiger partial charge in [0.2, 0.25) is 0 Å². The minimum Gasteiger partial charge on any atom is -0.388 e. The zero-order valence-electron chi connectivity index (χ0n) is 8.43. The maximum atomic E-state index is 12.8. The van der Waals surface area contributed by atoms with Crippen LogP contribution in [0.15, 0.2) is 18.2 Å². The molecule has 1 rings (SSSR count). The Morgan fingerprint density at radius 3 is 2.87 bits per heavy atom. The quantitative estimate of drug-likeness (QED) is 0.670. The number of halogens is 2. The fraction of sp³-hybridized carbons (Fsp3) is 0.333. The highest BCUT2D eigenvalue weighted by atomic mass is 127. The highest BCUT2D eigenvalue weighted by Crippen LogP contribution is 2.24. The van der Waals surface area contributed by atoms with Crippen LogP contribution in [0.5, 0.6) is 0 Å². The number of rotatable bonds is 3. The average Bonchev–Trinajstić information content (AvgIpc) is 2.17. The summed E-state index contributed by atoms with van der Waals surface area (Å²) in [6.07, 6.45) is 0.687. The summed E-state index contributed by atoms with van der Waals surface area (Å²) < 4.78 is 13.6. The second kappa shape index (κ2) is 6.09. The fourth-order valence-corrected chi connectivity index (χ4v) is 2.10. The molecule has 0 aliphatic carbocycles. The van der Waals surface area contributed by atoms with Crippen LogP contribution in [0.4, 0.5) is 4.39 Å². The lowest BCUT2D eigenvalue weighted by molar-refractivity contribution is 0.168. The summed E-state index contributed by atoms with van der Waals surface area (Å²) in [7, 11) is 0. The van der Waals surface area contributed by atoms with E-state index in [0.717, 1.165) is 9.13 Å². The van der Waals surface area contributed by atoms with E-state index < -0.39 is 6.10 Å². The molecule has 0 saturated carbocycles. The van der Waals surface area contributed by atoms with Gasteiger partial charge in [-0.15, -0.1) is 11.8 Å². The van der Waals surface area contributed by atoms with Crippen molar-refractivity contribution < 1.29 is 9.50 Å². The Morgan fingerprint density at radius 2 is 2.27 bits per heavy atom. The number of aliphatic hydroxyl groups excluding tert-OH is 1. The Morgan fingerprint density at radius 1 is 1.53 bits per heavy atom. The molecule has 0 spiro atoms. The first-order valence-electron chi connectivity index (χ1n) is 4.67. The molecule has 1 N–H and O–H groups in total. The number of benzene rings is 1. The maximum Gasteiger partial charge on any atom is 0.124 e. The first kappa shape index (κ1) is 12.5. The third-order valence-corrected chi connectivity index (χ3v) is 2.98. The molecule has 0 bridgehead atoms. The van der Waals surface area contributed by atoms with Crippen molar-refractivity contribution in [2.45, 2.75) is 25.9 Å². The van der Waals surface area contributed by atoms with Crippen molar-refractivity contribution in [2.24, 2.45) is 0 Å². The van der Waals surface area contributed by atoms with Crippen LogP contribution in [-0.2, 0) is 0 Å². The predicted octanol–water partition coefficient (Wildman–Crippen LogP) is 3.27. The molecule has 0 aliphatic rings. The van der Waals surface area contributed by atoms with E-state index in [1.54, 1.807) is 13.0 Å². The molecule has 0 fully saturated rings. The van der Waals surface area contributed by atoms with E-state index in [2.05, 4.69) is 11.8 Å². The maximum absolute atomic E-state index is 12.8. The Bertz CT molecular complexity index is 392. The van der Waals surface area contributed by atoms with Crippen molar-refractivity contribution in [3.63, 3.8) is 0 Å². The Balaban J connectivity index is 2.71. The Labute approximate surface area is 103 Å². The number of hydrogen-bond acceptors (Lipinski definition) is 1. The molecule has 80 valence electrons. The second-order valence-corrected chi connectivity index (χ2v) is 4.31. The lowest BCUT2D eigenvalue weighted by atomic mass is 10.1. The summed E-state index contributed by atoms with van der Waals surface area (Å²) in [6.45, 7) is 1.77. The molecule has 0 amide bonds. The van der Waals surface area contributed by atoms with Crippen LogP contribution < -0.4 is 0 Å². The van der Waals surface area contributed by atoms with Crippen molar-refractivity contribution in [1.82, 2.24) is 0 Å². The SMILES string of the molecule is CC#CCCC(O)c1ccc(F)cc1I. The smallest absolute Gasteiger partial charge is 0.124 e. The minimum atomic E-state index is -0.557. The van der Waals surface area contributed by atoms with Crippen molar-refractivity contribution in [3.05, 3.63) is 33.1 Å². The third kappa shape index (κ3) is 3.80. The summed E-state index contributed by atoms with van der Waals surface area (Å²) in [6, 6.07) is 4.41. The summed E-state index contributed by atoms with van der Waals surface area (Å²) in [5, 5.41) is 9.82. The third-order valence-electron chi connectivity index (χ3n) is 2.04. The van der Waals surface area contributed by atoms with Gasteiger partial charge in [-0.05, 0) is 53.6 Å². The molecule has 1 aromatic rings. The molecule has 1 aromatic carbocycles.